The first-order valence-corrected chi connectivity index (χ1v) is 13.7. The Balaban J connectivity index is 1.36. The summed E-state index contributed by atoms with van der Waals surface area (Å²) in [6.07, 6.45) is 2.24. The Morgan fingerprint density at radius 2 is 2.05 bits per heavy atom. The molecule has 2 aromatic carbocycles. The van der Waals surface area contributed by atoms with E-state index >= 15 is 0 Å². The number of ether oxygens (including phenoxy) is 2. The van der Waals surface area contributed by atoms with Crippen LogP contribution in [-0.2, 0) is 20.7 Å². The minimum Gasteiger partial charge on any atom is -0.385 e. The zero-order valence-electron chi connectivity index (χ0n) is 21.4. The second-order valence-electron chi connectivity index (χ2n) is 10.1. The smallest absolute Gasteiger partial charge is 0.268 e. The number of aliphatic hydroxyl groups excluding tert-OH is 1. The molecule has 2 heterocycles. The SMILES string of the molecule is CC[C@H](O)C(=O)C(COC1CCCCO1)N[C@@H]1c2ccccc2C[C@H]1NC(=O)c1cc2cc(Cl)ccc2[nH]1. The Kier molecular flexibility index (Phi) is 8.45. The first-order chi connectivity index (χ1) is 18.4. The quantitative estimate of drug-likeness (QED) is 0.309. The van der Waals surface area contributed by atoms with Crippen LogP contribution in [0.3, 0.4) is 0 Å². The molecule has 2 unspecified atom stereocenters. The molecule has 1 aliphatic heterocycles. The van der Waals surface area contributed by atoms with Crippen molar-refractivity contribution in [2.45, 2.75) is 69.5 Å². The number of H-pyrrole nitrogens is 1. The van der Waals surface area contributed by atoms with Gasteiger partial charge >= 0.3 is 0 Å². The van der Waals surface area contributed by atoms with E-state index in [9.17, 15) is 14.7 Å². The summed E-state index contributed by atoms with van der Waals surface area (Å²) >= 11 is 6.11. The second kappa shape index (κ2) is 12.0. The molecule has 1 aromatic heterocycles. The van der Waals surface area contributed by atoms with Crippen molar-refractivity contribution in [2.75, 3.05) is 13.2 Å². The van der Waals surface area contributed by atoms with Gasteiger partial charge in [0.25, 0.3) is 5.91 Å². The summed E-state index contributed by atoms with van der Waals surface area (Å²) in [7, 11) is 0. The lowest BCUT2D eigenvalue weighted by atomic mass is 10.0. The first kappa shape index (κ1) is 26.8. The standard InChI is InChI=1S/C29H34ClN3O5/c1-2-25(34)28(35)24(16-38-26-9-5-6-12-37-26)32-27-20-8-4-3-7-17(20)14-22(27)33-29(36)23-15-18-13-19(30)10-11-21(18)31-23/h3-4,7-8,10-11,13,15,22,24-27,31-32,34H,2,5-6,9,12,14,16H2,1H3,(H,33,36)/t22-,24?,25+,26?,27-/m1/s1. The van der Waals surface area contributed by atoms with Gasteiger partial charge in [-0.05, 0) is 67.5 Å². The van der Waals surface area contributed by atoms with E-state index in [-0.39, 0.29) is 36.7 Å². The number of Topliss-reactive ketones (excluding diaryl/α,β-unsaturated/α-hetero) is 1. The molecule has 202 valence electrons. The molecule has 0 spiro atoms. The lowest BCUT2D eigenvalue weighted by molar-refractivity contribution is -0.169. The van der Waals surface area contributed by atoms with Crippen molar-refractivity contribution in [3.05, 3.63) is 70.4 Å². The summed E-state index contributed by atoms with van der Waals surface area (Å²) in [6, 6.07) is 13.7. The van der Waals surface area contributed by atoms with Gasteiger partial charge in [-0.3, -0.25) is 14.9 Å². The van der Waals surface area contributed by atoms with Crippen LogP contribution in [0, 0.1) is 0 Å². The van der Waals surface area contributed by atoms with E-state index in [4.69, 9.17) is 21.1 Å². The van der Waals surface area contributed by atoms with E-state index in [1.807, 2.05) is 36.4 Å². The highest BCUT2D eigenvalue weighted by molar-refractivity contribution is 6.31. The highest BCUT2D eigenvalue weighted by Gasteiger charge is 2.37. The van der Waals surface area contributed by atoms with Crippen LogP contribution in [0.25, 0.3) is 10.9 Å². The fourth-order valence-electron chi connectivity index (χ4n) is 5.32. The highest BCUT2D eigenvalue weighted by Crippen LogP contribution is 2.32. The summed E-state index contributed by atoms with van der Waals surface area (Å²) in [4.78, 5) is 29.7. The lowest BCUT2D eigenvalue weighted by Gasteiger charge is -2.30. The molecule has 0 radical (unpaired) electrons. The second-order valence-corrected chi connectivity index (χ2v) is 10.5. The molecule has 5 atom stereocenters. The van der Waals surface area contributed by atoms with E-state index in [0.29, 0.717) is 30.2 Å². The third kappa shape index (κ3) is 5.95. The third-order valence-corrected chi connectivity index (χ3v) is 7.64. The summed E-state index contributed by atoms with van der Waals surface area (Å²) in [6.45, 7) is 2.48. The van der Waals surface area contributed by atoms with E-state index < -0.39 is 12.1 Å². The van der Waals surface area contributed by atoms with Crippen molar-refractivity contribution < 1.29 is 24.2 Å². The molecule has 38 heavy (non-hydrogen) atoms. The molecule has 5 rings (SSSR count). The molecule has 2 aliphatic rings. The third-order valence-electron chi connectivity index (χ3n) is 7.40. The van der Waals surface area contributed by atoms with Gasteiger partial charge in [0.1, 0.15) is 11.8 Å². The van der Waals surface area contributed by atoms with Crippen molar-refractivity contribution in [1.82, 2.24) is 15.6 Å². The highest BCUT2D eigenvalue weighted by atomic mass is 35.5. The lowest BCUT2D eigenvalue weighted by Crippen LogP contribution is -2.52. The number of halogens is 1. The molecule has 1 aliphatic carbocycles. The van der Waals surface area contributed by atoms with Crippen molar-refractivity contribution >= 4 is 34.2 Å². The average molecular weight is 540 g/mol. The molecule has 3 aromatic rings. The van der Waals surface area contributed by atoms with E-state index in [1.54, 1.807) is 19.1 Å². The molecule has 1 fully saturated rings. The number of ketones is 1. The summed E-state index contributed by atoms with van der Waals surface area (Å²) in [5.41, 5.74) is 3.37. The van der Waals surface area contributed by atoms with Crippen molar-refractivity contribution in [3.63, 3.8) is 0 Å². The maximum Gasteiger partial charge on any atom is 0.268 e. The number of nitrogens with one attached hydrogen (secondary N) is 3. The van der Waals surface area contributed by atoms with Crippen molar-refractivity contribution in [3.8, 4) is 0 Å². The van der Waals surface area contributed by atoms with E-state index in [2.05, 4.69) is 15.6 Å². The average Bonchev–Trinajstić information content (AvgIpc) is 3.51. The Morgan fingerprint density at radius 3 is 2.84 bits per heavy atom. The number of amides is 1. The monoisotopic (exact) mass is 539 g/mol. The predicted molar refractivity (Wildman–Crippen MR) is 145 cm³/mol. The molecular formula is C29H34ClN3O5. The van der Waals surface area contributed by atoms with Crippen LogP contribution in [0.2, 0.25) is 5.02 Å². The number of aromatic amines is 1. The zero-order valence-corrected chi connectivity index (χ0v) is 22.2. The maximum absolute atomic E-state index is 13.3. The summed E-state index contributed by atoms with van der Waals surface area (Å²) in [5, 5.41) is 18.4. The number of aromatic nitrogens is 1. The molecule has 9 heteroatoms. The van der Waals surface area contributed by atoms with E-state index in [0.717, 1.165) is 41.3 Å². The number of aliphatic hydroxyl groups is 1. The molecule has 8 nitrogen and oxygen atoms in total. The van der Waals surface area contributed by atoms with E-state index in [1.165, 1.54) is 0 Å². The summed E-state index contributed by atoms with van der Waals surface area (Å²) < 4.78 is 11.7. The fraction of sp³-hybridized carbons (Fsp3) is 0.448. The van der Waals surface area contributed by atoms with Crippen LogP contribution in [0.5, 0.6) is 0 Å². The number of benzene rings is 2. The molecule has 1 amide bonds. The number of fused-ring (bicyclic) bond motifs is 2. The summed E-state index contributed by atoms with van der Waals surface area (Å²) in [5.74, 6) is -0.574. The Morgan fingerprint density at radius 1 is 1.21 bits per heavy atom. The van der Waals surface area contributed by atoms with Gasteiger partial charge in [0.05, 0.1) is 24.7 Å². The van der Waals surface area contributed by atoms with Gasteiger partial charge in [-0.2, -0.15) is 0 Å². The van der Waals surface area contributed by atoms with Crippen LogP contribution in [0.1, 0.15) is 60.3 Å². The van der Waals surface area contributed by atoms with Crippen LogP contribution in [-0.4, -0.2) is 59.5 Å². The number of carbonyl (C=O) groups excluding carboxylic acids is 2. The molecule has 1 saturated heterocycles. The number of rotatable bonds is 10. The van der Waals surface area contributed by atoms with Gasteiger partial charge in [0.15, 0.2) is 12.1 Å². The Labute approximate surface area is 227 Å². The Hall–Kier alpha value is -2.75. The topological polar surface area (TPSA) is 113 Å². The molecule has 0 saturated carbocycles. The fourth-order valence-corrected chi connectivity index (χ4v) is 5.50. The molecule has 4 N–H and O–H groups in total. The minimum absolute atomic E-state index is 0.0721. The van der Waals surface area contributed by atoms with Gasteiger partial charge in [-0.15, -0.1) is 0 Å². The molecule has 0 bridgehead atoms. The van der Waals surface area contributed by atoms with Crippen LogP contribution < -0.4 is 10.6 Å². The van der Waals surface area contributed by atoms with Crippen LogP contribution in [0.15, 0.2) is 48.5 Å². The largest absolute Gasteiger partial charge is 0.385 e. The Bertz CT molecular complexity index is 1290. The van der Waals surface area contributed by atoms with Gasteiger partial charge in [-0.25, -0.2) is 0 Å². The van der Waals surface area contributed by atoms with Gasteiger partial charge in [-0.1, -0.05) is 42.8 Å². The van der Waals surface area contributed by atoms with Crippen molar-refractivity contribution in [2.24, 2.45) is 0 Å². The van der Waals surface area contributed by atoms with Crippen LogP contribution in [0.4, 0.5) is 0 Å². The van der Waals surface area contributed by atoms with Gasteiger partial charge < -0.3 is 24.9 Å². The predicted octanol–water partition coefficient (Wildman–Crippen LogP) is 4.06. The normalized spacial score (nSPS) is 22.7. The zero-order chi connectivity index (χ0) is 26.6. The number of hydrogen-bond donors (Lipinski definition) is 4. The minimum atomic E-state index is -1.11. The maximum atomic E-state index is 13.3. The van der Waals surface area contributed by atoms with Gasteiger partial charge in [0, 0.05) is 22.5 Å². The van der Waals surface area contributed by atoms with Crippen molar-refractivity contribution in [1.29, 1.82) is 0 Å². The number of carbonyl (C=O) groups is 2. The molecular weight excluding hydrogens is 506 g/mol. The first-order valence-electron chi connectivity index (χ1n) is 13.3. The van der Waals surface area contributed by atoms with Crippen LogP contribution >= 0.6 is 11.6 Å². The number of hydrogen-bond acceptors (Lipinski definition) is 6. The van der Waals surface area contributed by atoms with Gasteiger partial charge in [0.2, 0.25) is 0 Å².